The molecule has 1 aromatic heterocycles. The van der Waals surface area contributed by atoms with Gasteiger partial charge in [-0.25, -0.2) is 5.43 Å². The summed E-state index contributed by atoms with van der Waals surface area (Å²) in [5, 5.41) is 14.8. The van der Waals surface area contributed by atoms with Gasteiger partial charge in [-0.15, -0.1) is 23.1 Å². The number of hydrazone groups is 1. The molecule has 3 rings (SSSR count). The van der Waals surface area contributed by atoms with Crippen molar-refractivity contribution in [3.05, 3.63) is 50.9 Å². The van der Waals surface area contributed by atoms with Gasteiger partial charge in [0.1, 0.15) is 0 Å². The molecule has 4 nitrogen and oxygen atoms in total. The van der Waals surface area contributed by atoms with Gasteiger partial charge in [-0.3, -0.25) is 4.79 Å². The third-order valence-corrected chi connectivity index (χ3v) is 6.64. The van der Waals surface area contributed by atoms with Crippen molar-refractivity contribution in [2.24, 2.45) is 5.10 Å². The number of halogens is 1. The molecule has 0 spiro atoms. The van der Waals surface area contributed by atoms with Gasteiger partial charge in [-0.05, 0) is 37.1 Å². The van der Waals surface area contributed by atoms with E-state index >= 15 is 0 Å². The Morgan fingerprint density at radius 1 is 1.50 bits per heavy atom. The highest BCUT2D eigenvalue weighted by molar-refractivity contribution is 8.00. The molecule has 1 amide bonds. The van der Waals surface area contributed by atoms with Crippen LogP contribution in [0.3, 0.4) is 0 Å². The first kappa shape index (κ1) is 17.5. The summed E-state index contributed by atoms with van der Waals surface area (Å²) in [6.07, 6.45) is 5.49. The zero-order valence-electron chi connectivity index (χ0n) is 13.1. The van der Waals surface area contributed by atoms with Gasteiger partial charge in [-0.2, -0.15) is 5.10 Å². The number of carbonyl (C=O) groups is 1. The molecule has 1 unspecified atom stereocenters. The molecular formula is C17H17ClN2O2S2. The number of nitrogens with zero attached hydrogens (tertiary/aromatic N) is 1. The summed E-state index contributed by atoms with van der Waals surface area (Å²) in [7, 11) is 0. The van der Waals surface area contributed by atoms with E-state index in [1.807, 2.05) is 24.5 Å². The topological polar surface area (TPSA) is 61.7 Å². The van der Waals surface area contributed by atoms with Crippen LogP contribution in [0.2, 0.25) is 5.02 Å². The second kappa shape index (κ2) is 7.70. The molecule has 24 heavy (non-hydrogen) atoms. The zero-order valence-corrected chi connectivity index (χ0v) is 15.5. The summed E-state index contributed by atoms with van der Waals surface area (Å²) in [5.41, 5.74) is 5.21. The summed E-state index contributed by atoms with van der Waals surface area (Å²) in [6.45, 7) is 0. The lowest BCUT2D eigenvalue weighted by molar-refractivity contribution is 0.0957. The number of nitrogens with one attached hydrogen (secondary N) is 1. The molecular weight excluding hydrogens is 364 g/mol. The smallest absolute Gasteiger partial charge is 0.281 e. The first-order valence-corrected chi connectivity index (χ1v) is 9.99. The van der Waals surface area contributed by atoms with Gasteiger partial charge >= 0.3 is 0 Å². The predicted octanol–water partition coefficient (Wildman–Crippen LogP) is 4.26. The van der Waals surface area contributed by atoms with Crippen LogP contribution in [-0.4, -0.2) is 23.5 Å². The summed E-state index contributed by atoms with van der Waals surface area (Å²) in [5.74, 6) is -0.242. The number of hydrogen-bond acceptors (Lipinski definition) is 5. The fraction of sp³-hybridized carbons (Fsp3) is 0.294. The molecule has 126 valence electrons. The van der Waals surface area contributed by atoms with Crippen molar-refractivity contribution in [3.8, 4) is 0 Å². The molecule has 0 bridgehead atoms. The fourth-order valence-corrected chi connectivity index (χ4v) is 5.06. The van der Waals surface area contributed by atoms with Crippen LogP contribution in [0, 0.1) is 0 Å². The van der Waals surface area contributed by atoms with E-state index in [9.17, 15) is 9.90 Å². The number of thiophene rings is 1. The maximum Gasteiger partial charge on any atom is 0.281 e. The molecule has 1 atom stereocenters. The van der Waals surface area contributed by atoms with Gasteiger partial charge in [0.25, 0.3) is 5.91 Å². The van der Waals surface area contributed by atoms with Crippen molar-refractivity contribution < 1.29 is 9.90 Å². The van der Waals surface area contributed by atoms with E-state index in [-0.39, 0.29) is 5.91 Å². The van der Waals surface area contributed by atoms with Crippen molar-refractivity contribution >= 4 is 46.8 Å². The van der Waals surface area contributed by atoms with E-state index in [1.54, 1.807) is 17.8 Å². The minimum absolute atomic E-state index is 0.242. The number of rotatable bonds is 4. The lowest BCUT2D eigenvalue weighted by atomic mass is 9.91. The Morgan fingerprint density at radius 2 is 2.29 bits per heavy atom. The van der Waals surface area contributed by atoms with E-state index in [4.69, 9.17) is 11.6 Å². The van der Waals surface area contributed by atoms with Gasteiger partial charge in [0.05, 0.1) is 21.4 Å². The average Bonchev–Trinajstić information content (AvgIpc) is 2.97. The van der Waals surface area contributed by atoms with Crippen LogP contribution < -0.4 is 5.43 Å². The first-order chi connectivity index (χ1) is 11.6. The van der Waals surface area contributed by atoms with Crippen LogP contribution in [0.25, 0.3) is 0 Å². The van der Waals surface area contributed by atoms with Crippen LogP contribution >= 0.6 is 34.7 Å². The Morgan fingerprint density at radius 3 is 3.04 bits per heavy atom. The average molecular weight is 381 g/mol. The Bertz CT molecular complexity index is 789. The lowest BCUT2D eigenvalue weighted by Crippen LogP contribution is -2.19. The van der Waals surface area contributed by atoms with E-state index < -0.39 is 6.10 Å². The Balaban J connectivity index is 1.80. The van der Waals surface area contributed by atoms with E-state index in [0.717, 1.165) is 40.2 Å². The minimum Gasteiger partial charge on any atom is -0.388 e. The monoisotopic (exact) mass is 380 g/mol. The van der Waals surface area contributed by atoms with Crippen LogP contribution in [0.4, 0.5) is 0 Å². The van der Waals surface area contributed by atoms with Crippen LogP contribution in [0.5, 0.6) is 0 Å². The highest BCUT2D eigenvalue weighted by Crippen LogP contribution is 2.43. The number of aliphatic hydroxyl groups is 1. The van der Waals surface area contributed by atoms with Crippen LogP contribution in [0.15, 0.2) is 33.6 Å². The number of hydrogen-bond donors (Lipinski definition) is 2. The van der Waals surface area contributed by atoms with Gasteiger partial charge in [0, 0.05) is 16.1 Å². The summed E-state index contributed by atoms with van der Waals surface area (Å²) in [4.78, 5) is 13.1. The molecule has 0 aliphatic heterocycles. The molecule has 0 saturated carbocycles. The molecule has 1 aromatic carbocycles. The molecule has 1 aliphatic carbocycles. The number of carbonyl (C=O) groups excluding carboxylic acids is 1. The number of benzene rings is 1. The van der Waals surface area contributed by atoms with Crippen LogP contribution in [0.1, 0.15) is 45.3 Å². The number of aliphatic hydroxyl groups excluding tert-OH is 1. The molecule has 2 aromatic rings. The minimum atomic E-state index is -0.472. The second-order valence-corrected chi connectivity index (χ2v) is 7.95. The molecule has 7 heteroatoms. The first-order valence-electron chi connectivity index (χ1n) is 7.57. The summed E-state index contributed by atoms with van der Waals surface area (Å²) >= 11 is 9.06. The Hall–Kier alpha value is -1.34. The summed E-state index contributed by atoms with van der Waals surface area (Å²) < 4.78 is 1.01. The number of thioether (sulfide) groups is 1. The molecule has 0 radical (unpaired) electrons. The largest absolute Gasteiger partial charge is 0.388 e. The maximum atomic E-state index is 12.5. The van der Waals surface area contributed by atoms with Crippen LogP contribution in [-0.2, 0) is 6.42 Å². The van der Waals surface area contributed by atoms with Gasteiger partial charge in [-0.1, -0.05) is 29.8 Å². The third kappa shape index (κ3) is 3.52. The highest BCUT2D eigenvalue weighted by atomic mass is 35.5. The van der Waals surface area contributed by atoms with Gasteiger partial charge in [0.15, 0.2) is 0 Å². The Labute approximate surface area is 153 Å². The lowest BCUT2D eigenvalue weighted by Gasteiger charge is -2.19. The predicted molar refractivity (Wildman–Crippen MR) is 101 cm³/mol. The van der Waals surface area contributed by atoms with Crippen molar-refractivity contribution in [2.45, 2.75) is 29.6 Å². The van der Waals surface area contributed by atoms with E-state index in [2.05, 4.69) is 10.5 Å². The maximum absolute atomic E-state index is 12.5. The SMILES string of the molecule is CSc1sc(C(=O)N/N=C/c2ccccc2Cl)c2c1C(O)CCC2. The quantitative estimate of drug-likeness (QED) is 0.473. The number of amides is 1. The number of fused-ring (bicyclic) bond motifs is 1. The Kier molecular flexibility index (Phi) is 5.61. The van der Waals surface area contributed by atoms with Gasteiger partial charge < -0.3 is 5.11 Å². The highest BCUT2D eigenvalue weighted by Gasteiger charge is 2.29. The molecule has 0 saturated heterocycles. The van der Waals surface area contributed by atoms with Gasteiger partial charge in [0.2, 0.25) is 0 Å². The van der Waals surface area contributed by atoms with Crippen molar-refractivity contribution in [1.82, 2.24) is 5.43 Å². The third-order valence-electron chi connectivity index (χ3n) is 3.92. The van der Waals surface area contributed by atoms with E-state index in [0.29, 0.717) is 9.90 Å². The molecule has 1 heterocycles. The normalized spacial score (nSPS) is 17.0. The van der Waals surface area contributed by atoms with Crippen molar-refractivity contribution in [3.63, 3.8) is 0 Å². The fourth-order valence-electron chi connectivity index (χ4n) is 2.78. The summed E-state index contributed by atoms with van der Waals surface area (Å²) in [6, 6.07) is 7.29. The standard InChI is InChI=1S/C17H17ClN2O2S2/c1-23-17-14-11(6-4-8-13(14)21)15(24-17)16(22)20-19-9-10-5-2-3-7-12(10)18/h2-3,5,7,9,13,21H,4,6,8H2,1H3,(H,20,22)/b19-9+. The van der Waals surface area contributed by atoms with Crippen molar-refractivity contribution in [1.29, 1.82) is 0 Å². The molecule has 0 fully saturated rings. The van der Waals surface area contributed by atoms with E-state index in [1.165, 1.54) is 17.6 Å². The second-order valence-electron chi connectivity index (χ2n) is 5.44. The zero-order chi connectivity index (χ0) is 17.1. The molecule has 2 N–H and O–H groups in total. The molecule has 1 aliphatic rings. The van der Waals surface area contributed by atoms with Crippen molar-refractivity contribution in [2.75, 3.05) is 6.26 Å².